The second-order valence-corrected chi connectivity index (χ2v) is 8.88. The predicted octanol–water partition coefficient (Wildman–Crippen LogP) is 2.26. The van der Waals surface area contributed by atoms with Crippen molar-refractivity contribution in [3.63, 3.8) is 0 Å². The van der Waals surface area contributed by atoms with Crippen LogP contribution >= 0.6 is 35.7 Å². The molecule has 138 valence electrons. The van der Waals surface area contributed by atoms with Crippen molar-refractivity contribution in [3.05, 3.63) is 40.8 Å². The Morgan fingerprint density at radius 3 is 2.81 bits per heavy atom. The zero-order chi connectivity index (χ0) is 18.5. The Kier molecular flexibility index (Phi) is 6.74. The molecule has 2 heterocycles. The lowest BCUT2D eigenvalue weighted by atomic mass is 10.2. The number of thiocarbonyl (C=S) groups is 1. The molecule has 8 heteroatoms. The van der Waals surface area contributed by atoms with Crippen LogP contribution in [0.25, 0.3) is 6.08 Å². The van der Waals surface area contributed by atoms with Crippen molar-refractivity contribution in [2.75, 3.05) is 18.1 Å². The van der Waals surface area contributed by atoms with E-state index in [-0.39, 0.29) is 17.9 Å². The third-order valence-electron chi connectivity index (χ3n) is 4.15. The van der Waals surface area contributed by atoms with Crippen LogP contribution in [0.3, 0.4) is 0 Å². The quantitative estimate of drug-likeness (QED) is 0.556. The van der Waals surface area contributed by atoms with Crippen LogP contribution in [0.5, 0.6) is 0 Å². The molecule has 2 saturated heterocycles. The van der Waals surface area contributed by atoms with Gasteiger partial charge in [0, 0.05) is 24.5 Å². The van der Waals surface area contributed by atoms with Crippen LogP contribution < -0.4 is 5.32 Å². The summed E-state index contributed by atoms with van der Waals surface area (Å²) < 4.78 is 0.528. The van der Waals surface area contributed by atoms with Gasteiger partial charge in [-0.05, 0) is 18.1 Å². The van der Waals surface area contributed by atoms with Crippen LogP contribution in [0.15, 0.2) is 35.2 Å². The average Bonchev–Trinajstić information content (AvgIpc) is 3.13. The number of nitrogens with one attached hydrogen (secondary N) is 1. The van der Waals surface area contributed by atoms with Crippen molar-refractivity contribution in [3.8, 4) is 0 Å². The Bertz CT molecular complexity index is 724. The minimum atomic E-state index is -0.473. The normalized spacial score (nSPS) is 24.5. The first kappa shape index (κ1) is 19.4. The van der Waals surface area contributed by atoms with Gasteiger partial charge in [0.15, 0.2) is 0 Å². The lowest BCUT2D eigenvalue weighted by molar-refractivity contribution is -0.124. The second kappa shape index (κ2) is 9.03. The Balaban J connectivity index is 1.49. The molecule has 2 atom stereocenters. The highest BCUT2D eigenvalue weighted by atomic mass is 32.2. The molecular formula is C18H20N2O3S3. The van der Waals surface area contributed by atoms with Gasteiger partial charge in [0.1, 0.15) is 4.32 Å². The van der Waals surface area contributed by atoms with E-state index in [4.69, 9.17) is 12.2 Å². The fourth-order valence-corrected chi connectivity index (χ4v) is 5.23. The Morgan fingerprint density at radius 1 is 1.35 bits per heavy atom. The molecule has 2 fully saturated rings. The monoisotopic (exact) mass is 408 g/mol. The summed E-state index contributed by atoms with van der Waals surface area (Å²) in [5, 5.41) is 12.6. The van der Waals surface area contributed by atoms with Crippen LogP contribution in [0.1, 0.15) is 18.4 Å². The number of carbonyl (C=O) groups is 2. The van der Waals surface area contributed by atoms with Gasteiger partial charge in [0.25, 0.3) is 5.91 Å². The molecule has 26 heavy (non-hydrogen) atoms. The van der Waals surface area contributed by atoms with Crippen LogP contribution in [0.4, 0.5) is 0 Å². The lowest BCUT2D eigenvalue weighted by Crippen LogP contribution is -2.42. The smallest absolute Gasteiger partial charge is 0.266 e. The van der Waals surface area contributed by atoms with E-state index in [1.54, 1.807) is 16.7 Å². The van der Waals surface area contributed by atoms with Gasteiger partial charge in [-0.15, -0.1) is 0 Å². The van der Waals surface area contributed by atoms with Gasteiger partial charge >= 0.3 is 0 Å². The number of aliphatic hydroxyl groups is 1. The van der Waals surface area contributed by atoms with Crippen molar-refractivity contribution in [1.29, 1.82) is 0 Å². The number of aliphatic hydroxyl groups excluding tert-OH is 1. The maximum absolute atomic E-state index is 12.5. The second-order valence-electron chi connectivity index (χ2n) is 6.13. The molecular weight excluding hydrogens is 388 g/mol. The Labute approximate surface area is 166 Å². The highest BCUT2D eigenvalue weighted by Crippen LogP contribution is 2.32. The molecule has 0 bridgehead atoms. The Hall–Kier alpha value is -1.35. The van der Waals surface area contributed by atoms with Crippen molar-refractivity contribution < 1.29 is 14.7 Å². The third kappa shape index (κ3) is 4.88. The number of carbonyl (C=O) groups excluding carboxylic acids is 2. The molecule has 0 saturated carbocycles. The Morgan fingerprint density at radius 2 is 2.12 bits per heavy atom. The molecule has 1 aromatic rings. The summed E-state index contributed by atoms with van der Waals surface area (Å²) in [7, 11) is 0. The fourth-order valence-electron chi connectivity index (χ4n) is 2.75. The summed E-state index contributed by atoms with van der Waals surface area (Å²) in [6.45, 7) is 0.423. The van der Waals surface area contributed by atoms with Gasteiger partial charge in [-0.2, -0.15) is 11.8 Å². The maximum Gasteiger partial charge on any atom is 0.266 e. The molecule has 2 aliphatic heterocycles. The number of thioether (sulfide) groups is 2. The van der Waals surface area contributed by atoms with Crippen LogP contribution in [-0.2, 0) is 9.59 Å². The predicted molar refractivity (Wildman–Crippen MR) is 111 cm³/mol. The standard InChI is InChI=1S/C18H20N2O3S3/c21-14-11-25-10-13(14)19-16(22)7-4-8-20-17(23)15(26-18(20)24)9-12-5-2-1-3-6-12/h1-3,5-6,9,13-14,21H,4,7-8,10-11H2,(H,19,22)/b15-9-/t13-,14+/m1/s1. The van der Waals surface area contributed by atoms with Crippen molar-refractivity contribution in [2.45, 2.75) is 25.0 Å². The molecule has 5 nitrogen and oxygen atoms in total. The first-order valence-electron chi connectivity index (χ1n) is 8.40. The minimum absolute atomic E-state index is 0.0955. The summed E-state index contributed by atoms with van der Waals surface area (Å²) in [5.74, 6) is 1.20. The van der Waals surface area contributed by atoms with Gasteiger partial charge < -0.3 is 10.4 Å². The highest BCUT2D eigenvalue weighted by molar-refractivity contribution is 8.26. The van der Waals surface area contributed by atoms with E-state index in [1.807, 2.05) is 36.4 Å². The molecule has 2 amide bonds. The zero-order valence-electron chi connectivity index (χ0n) is 14.1. The fraction of sp³-hybridized carbons (Fsp3) is 0.389. The van der Waals surface area contributed by atoms with Gasteiger partial charge in [-0.3, -0.25) is 14.5 Å². The number of benzene rings is 1. The van der Waals surface area contributed by atoms with Gasteiger partial charge in [-0.25, -0.2) is 0 Å². The first-order valence-corrected chi connectivity index (χ1v) is 10.8. The molecule has 0 radical (unpaired) electrons. The average molecular weight is 409 g/mol. The van der Waals surface area contributed by atoms with Crippen molar-refractivity contribution in [1.82, 2.24) is 10.2 Å². The number of hydrogen-bond acceptors (Lipinski definition) is 6. The summed E-state index contributed by atoms with van der Waals surface area (Å²) in [6, 6.07) is 9.48. The van der Waals surface area contributed by atoms with Crippen LogP contribution in [-0.4, -0.2) is 56.3 Å². The van der Waals surface area contributed by atoms with E-state index in [2.05, 4.69) is 5.32 Å². The van der Waals surface area contributed by atoms with E-state index >= 15 is 0 Å². The number of nitrogens with zero attached hydrogens (tertiary/aromatic N) is 1. The van der Waals surface area contributed by atoms with E-state index in [9.17, 15) is 14.7 Å². The molecule has 2 aliphatic rings. The molecule has 3 rings (SSSR count). The topological polar surface area (TPSA) is 69.6 Å². The lowest BCUT2D eigenvalue weighted by Gasteiger charge is -2.17. The summed E-state index contributed by atoms with van der Waals surface area (Å²) >= 11 is 8.24. The highest BCUT2D eigenvalue weighted by Gasteiger charge is 2.32. The third-order valence-corrected chi connectivity index (χ3v) is 6.70. The molecule has 0 aromatic heterocycles. The van der Waals surface area contributed by atoms with Crippen molar-refractivity contribution >= 4 is 58.0 Å². The molecule has 0 unspecified atom stereocenters. The molecule has 0 spiro atoms. The van der Waals surface area contributed by atoms with Crippen molar-refractivity contribution in [2.24, 2.45) is 0 Å². The largest absolute Gasteiger partial charge is 0.390 e. The number of hydrogen-bond donors (Lipinski definition) is 2. The summed E-state index contributed by atoms with van der Waals surface area (Å²) in [6.07, 6.45) is 2.21. The SMILES string of the molecule is O=C(CCCN1C(=O)/C(=C/c2ccccc2)SC1=S)N[C@@H]1CSC[C@@H]1O. The zero-order valence-corrected chi connectivity index (χ0v) is 16.5. The molecule has 2 N–H and O–H groups in total. The van der Waals surface area contributed by atoms with Gasteiger partial charge in [0.2, 0.25) is 5.91 Å². The van der Waals surface area contributed by atoms with Crippen LogP contribution in [0, 0.1) is 0 Å². The molecule has 0 aliphatic carbocycles. The minimum Gasteiger partial charge on any atom is -0.390 e. The number of rotatable bonds is 6. The van der Waals surface area contributed by atoms with E-state index in [0.29, 0.717) is 34.4 Å². The van der Waals surface area contributed by atoms with Gasteiger partial charge in [-0.1, -0.05) is 54.3 Å². The summed E-state index contributed by atoms with van der Waals surface area (Å²) in [5.41, 5.74) is 0.959. The molecule has 1 aromatic carbocycles. The van der Waals surface area contributed by atoms with E-state index < -0.39 is 6.10 Å². The maximum atomic E-state index is 12.5. The number of amides is 2. The van der Waals surface area contributed by atoms with E-state index in [0.717, 1.165) is 11.3 Å². The van der Waals surface area contributed by atoms with Crippen LogP contribution in [0.2, 0.25) is 0 Å². The first-order chi connectivity index (χ1) is 12.5. The summed E-state index contributed by atoms with van der Waals surface area (Å²) in [4.78, 5) is 26.7. The van der Waals surface area contributed by atoms with E-state index in [1.165, 1.54) is 11.8 Å². The van der Waals surface area contributed by atoms with Gasteiger partial charge in [0.05, 0.1) is 17.1 Å².